The molecule has 0 amide bonds. The fourth-order valence-electron chi connectivity index (χ4n) is 9.21. The molecule has 14 unspecified atom stereocenters. The monoisotopic (exact) mass is 480 g/mol. The van der Waals surface area contributed by atoms with Crippen molar-refractivity contribution in [3.63, 3.8) is 0 Å². The Balaban J connectivity index is 1.62. The zero-order valence-electron chi connectivity index (χ0n) is 21.9. The van der Waals surface area contributed by atoms with Crippen LogP contribution in [0, 0.1) is 58.2 Å². The molecule has 196 valence electrons. The first-order valence-corrected chi connectivity index (χ1v) is 13.7. The summed E-state index contributed by atoms with van der Waals surface area (Å²) in [5.41, 5.74) is -0.689. The molecular formula is C28H48O6. The molecule has 0 aromatic heterocycles. The summed E-state index contributed by atoms with van der Waals surface area (Å²) < 4.78 is 0. The fourth-order valence-corrected chi connectivity index (χ4v) is 9.21. The van der Waals surface area contributed by atoms with Gasteiger partial charge in [-0.2, -0.15) is 0 Å². The highest BCUT2D eigenvalue weighted by atomic mass is 16.3. The number of carbonyl (C=O) groups is 1. The average Bonchev–Trinajstić information content (AvgIpc) is 3.04. The van der Waals surface area contributed by atoms with Crippen LogP contribution in [0.2, 0.25) is 0 Å². The second-order valence-electron chi connectivity index (χ2n) is 13.5. The number of carbonyl (C=O) groups excluding carboxylic acids is 1. The van der Waals surface area contributed by atoms with E-state index in [0.717, 1.165) is 12.8 Å². The molecule has 0 saturated heterocycles. The zero-order chi connectivity index (χ0) is 25.3. The van der Waals surface area contributed by atoms with Gasteiger partial charge in [-0.1, -0.05) is 41.5 Å². The molecule has 4 rings (SSSR count). The lowest BCUT2D eigenvalue weighted by atomic mass is 9.42. The second kappa shape index (κ2) is 9.09. The highest BCUT2D eigenvalue weighted by molar-refractivity contribution is 5.85. The Bertz CT molecular complexity index is 770. The molecule has 0 heterocycles. The van der Waals surface area contributed by atoms with Gasteiger partial charge < -0.3 is 25.5 Å². The maximum absolute atomic E-state index is 13.6. The van der Waals surface area contributed by atoms with E-state index in [4.69, 9.17) is 0 Å². The van der Waals surface area contributed by atoms with E-state index in [-0.39, 0.29) is 46.7 Å². The van der Waals surface area contributed by atoms with Crippen molar-refractivity contribution in [1.82, 2.24) is 0 Å². The van der Waals surface area contributed by atoms with Gasteiger partial charge in [-0.25, -0.2) is 0 Å². The van der Waals surface area contributed by atoms with Crippen molar-refractivity contribution in [3.8, 4) is 0 Å². The van der Waals surface area contributed by atoms with E-state index in [2.05, 4.69) is 41.5 Å². The number of ketones is 1. The molecule has 6 heteroatoms. The van der Waals surface area contributed by atoms with Crippen LogP contribution in [0.1, 0.15) is 80.1 Å². The van der Waals surface area contributed by atoms with Crippen molar-refractivity contribution >= 4 is 5.78 Å². The minimum atomic E-state index is -1.16. The van der Waals surface area contributed by atoms with Crippen molar-refractivity contribution in [2.75, 3.05) is 0 Å². The molecule has 14 atom stereocenters. The first-order chi connectivity index (χ1) is 15.8. The van der Waals surface area contributed by atoms with E-state index in [9.17, 15) is 30.3 Å². The van der Waals surface area contributed by atoms with E-state index in [1.807, 2.05) is 0 Å². The van der Waals surface area contributed by atoms with Crippen LogP contribution in [-0.4, -0.2) is 61.8 Å². The van der Waals surface area contributed by atoms with Crippen LogP contribution >= 0.6 is 0 Å². The lowest BCUT2D eigenvalue weighted by Gasteiger charge is -2.64. The standard InChI is InChI=1S/C28H48O6/c1-13(2)15(4)19(30)11-14(3)17-12-20(31)22-21-16(7-9-28(17,22)6)27(5)10-8-18(29)24(32)23(27)26(34)25(21)33/h13-19,21-26,29-30,32-34H,7-12H2,1-6H3. The summed E-state index contributed by atoms with van der Waals surface area (Å²) in [5, 5.41) is 54.5. The van der Waals surface area contributed by atoms with Crippen molar-refractivity contribution in [2.45, 2.75) is 111 Å². The van der Waals surface area contributed by atoms with E-state index < -0.39 is 41.9 Å². The number of hydrogen-bond acceptors (Lipinski definition) is 6. The van der Waals surface area contributed by atoms with Gasteiger partial charge in [-0.3, -0.25) is 4.79 Å². The quantitative estimate of drug-likeness (QED) is 0.413. The first-order valence-electron chi connectivity index (χ1n) is 13.7. The van der Waals surface area contributed by atoms with Gasteiger partial charge in [0.25, 0.3) is 0 Å². The van der Waals surface area contributed by atoms with E-state index >= 15 is 0 Å². The largest absolute Gasteiger partial charge is 0.393 e. The molecule has 0 spiro atoms. The second-order valence-corrected chi connectivity index (χ2v) is 13.5. The molecule has 0 aliphatic heterocycles. The highest BCUT2D eigenvalue weighted by Crippen LogP contribution is 2.67. The van der Waals surface area contributed by atoms with Crippen molar-refractivity contribution < 1.29 is 30.3 Å². The lowest BCUT2D eigenvalue weighted by molar-refractivity contribution is -0.249. The Kier molecular flexibility index (Phi) is 7.09. The number of aliphatic hydroxyl groups is 5. The van der Waals surface area contributed by atoms with E-state index in [1.54, 1.807) is 0 Å². The van der Waals surface area contributed by atoms with Crippen LogP contribution in [0.3, 0.4) is 0 Å². The van der Waals surface area contributed by atoms with Gasteiger partial charge in [-0.05, 0) is 72.5 Å². The molecule has 0 aromatic carbocycles. The Hall–Kier alpha value is -0.530. The van der Waals surface area contributed by atoms with Crippen LogP contribution in [0.5, 0.6) is 0 Å². The number of hydrogen-bond donors (Lipinski definition) is 5. The molecular weight excluding hydrogens is 432 g/mol. The smallest absolute Gasteiger partial charge is 0.137 e. The molecule has 0 bridgehead atoms. The topological polar surface area (TPSA) is 118 Å². The average molecular weight is 481 g/mol. The van der Waals surface area contributed by atoms with Crippen LogP contribution in [-0.2, 0) is 4.79 Å². The molecule has 4 aliphatic rings. The van der Waals surface area contributed by atoms with Crippen molar-refractivity contribution in [1.29, 1.82) is 0 Å². The summed E-state index contributed by atoms with van der Waals surface area (Å²) in [6.45, 7) is 12.8. The highest BCUT2D eigenvalue weighted by Gasteiger charge is 2.68. The number of fused-ring (bicyclic) bond motifs is 5. The maximum Gasteiger partial charge on any atom is 0.137 e. The number of Topliss-reactive ketones (excluding diaryl/α,β-unsaturated/α-hetero) is 1. The third kappa shape index (κ3) is 3.82. The lowest BCUT2D eigenvalue weighted by Crippen LogP contribution is -2.68. The molecule has 5 N–H and O–H groups in total. The van der Waals surface area contributed by atoms with Crippen LogP contribution < -0.4 is 0 Å². The normalized spacial score (nSPS) is 51.4. The number of aliphatic hydroxyl groups excluding tert-OH is 5. The summed E-state index contributed by atoms with van der Waals surface area (Å²) in [4.78, 5) is 13.6. The van der Waals surface area contributed by atoms with Crippen LogP contribution in [0.4, 0.5) is 0 Å². The minimum absolute atomic E-state index is 0.0284. The van der Waals surface area contributed by atoms with Crippen LogP contribution in [0.15, 0.2) is 0 Å². The van der Waals surface area contributed by atoms with Gasteiger partial charge in [0, 0.05) is 24.2 Å². The van der Waals surface area contributed by atoms with Gasteiger partial charge in [0.2, 0.25) is 0 Å². The molecule has 4 aliphatic carbocycles. The maximum atomic E-state index is 13.6. The van der Waals surface area contributed by atoms with E-state index in [1.165, 1.54) is 0 Å². The summed E-state index contributed by atoms with van der Waals surface area (Å²) in [5.74, 6) is -0.101. The Morgan fingerprint density at radius 2 is 1.53 bits per heavy atom. The first kappa shape index (κ1) is 26.5. The van der Waals surface area contributed by atoms with Gasteiger partial charge in [0.15, 0.2) is 0 Å². The SMILES string of the molecule is CC(C)C(C)C(O)CC(C)C1CC(=O)C2C3C(O)C(O)C4C(O)C(O)CCC4(C)C3CCC12C. The molecule has 34 heavy (non-hydrogen) atoms. The summed E-state index contributed by atoms with van der Waals surface area (Å²) in [6.07, 6.45) is -0.578. The van der Waals surface area contributed by atoms with Crippen molar-refractivity contribution in [3.05, 3.63) is 0 Å². The third-order valence-corrected chi connectivity index (χ3v) is 11.6. The summed E-state index contributed by atoms with van der Waals surface area (Å²) in [6, 6.07) is 0. The molecule has 4 fully saturated rings. The Labute approximate surface area is 205 Å². The molecule has 0 aromatic rings. The van der Waals surface area contributed by atoms with Crippen LogP contribution in [0.25, 0.3) is 0 Å². The van der Waals surface area contributed by atoms with E-state index in [0.29, 0.717) is 31.6 Å². The Morgan fingerprint density at radius 3 is 2.15 bits per heavy atom. The Morgan fingerprint density at radius 1 is 0.912 bits per heavy atom. The summed E-state index contributed by atoms with van der Waals surface area (Å²) in [7, 11) is 0. The third-order valence-electron chi connectivity index (χ3n) is 11.6. The molecule has 4 saturated carbocycles. The van der Waals surface area contributed by atoms with Crippen molar-refractivity contribution in [2.24, 2.45) is 58.2 Å². The molecule has 0 radical (unpaired) electrons. The van der Waals surface area contributed by atoms with Gasteiger partial charge in [0.05, 0.1) is 30.5 Å². The minimum Gasteiger partial charge on any atom is -0.393 e. The van der Waals surface area contributed by atoms with Gasteiger partial charge in [0.1, 0.15) is 5.78 Å². The van der Waals surface area contributed by atoms with Gasteiger partial charge >= 0.3 is 0 Å². The fraction of sp³-hybridized carbons (Fsp3) is 0.964. The zero-order valence-corrected chi connectivity index (χ0v) is 21.9. The summed E-state index contributed by atoms with van der Waals surface area (Å²) >= 11 is 0. The predicted octanol–water partition coefficient (Wildman–Crippen LogP) is 2.78. The number of rotatable bonds is 5. The molecule has 6 nitrogen and oxygen atoms in total. The van der Waals surface area contributed by atoms with Gasteiger partial charge in [-0.15, -0.1) is 0 Å². The predicted molar refractivity (Wildman–Crippen MR) is 130 cm³/mol.